The summed E-state index contributed by atoms with van der Waals surface area (Å²) in [4.78, 5) is 11.3. The molecule has 76 valence electrons. The van der Waals surface area contributed by atoms with E-state index < -0.39 is 5.97 Å². The predicted molar refractivity (Wildman–Crippen MR) is 56.8 cm³/mol. The Morgan fingerprint density at radius 3 is 2.79 bits per heavy atom. The summed E-state index contributed by atoms with van der Waals surface area (Å²) in [5, 5.41) is 10.1. The number of benzene rings is 1. The van der Waals surface area contributed by atoms with E-state index in [0.29, 0.717) is 6.61 Å². The van der Waals surface area contributed by atoms with Gasteiger partial charge in [-0.15, -0.1) is 0 Å². The van der Waals surface area contributed by atoms with Crippen LogP contribution in [0.1, 0.15) is 16.8 Å². The summed E-state index contributed by atoms with van der Waals surface area (Å²) in [6.07, 6.45) is 0.763. The van der Waals surface area contributed by atoms with Gasteiger partial charge in [-0.3, -0.25) is 0 Å². The van der Waals surface area contributed by atoms with Crippen molar-refractivity contribution in [3.05, 3.63) is 29.8 Å². The van der Waals surface area contributed by atoms with Crippen molar-refractivity contribution in [2.75, 3.05) is 11.9 Å². The quantitative estimate of drug-likeness (QED) is 0.513. The molecule has 14 heavy (non-hydrogen) atoms. The maximum atomic E-state index is 11.3. The van der Waals surface area contributed by atoms with E-state index in [-0.39, 0.29) is 11.3 Å². The Bertz CT molecular complexity index is 312. The first-order valence-corrected chi connectivity index (χ1v) is 5.39. The lowest BCUT2D eigenvalue weighted by molar-refractivity contribution is 0.0503. The lowest BCUT2D eigenvalue weighted by Crippen LogP contribution is -2.06. The van der Waals surface area contributed by atoms with Crippen molar-refractivity contribution < 1.29 is 14.6 Å². The van der Waals surface area contributed by atoms with Gasteiger partial charge in [-0.25, -0.2) is 4.79 Å². The Morgan fingerprint density at radius 2 is 2.14 bits per heavy atom. The number of rotatable bonds is 4. The zero-order chi connectivity index (χ0) is 10.4. The zero-order valence-electron chi connectivity index (χ0n) is 7.57. The van der Waals surface area contributed by atoms with Crippen LogP contribution in [-0.4, -0.2) is 23.0 Å². The smallest absolute Gasteiger partial charge is 0.341 e. The second-order valence-corrected chi connectivity index (χ2v) is 3.49. The molecule has 0 aliphatic rings. The maximum Gasteiger partial charge on any atom is 0.341 e. The van der Waals surface area contributed by atoms with Crippen molar-refractivity contribution in [1.29, 1.82) is 0 Å². The molecular weight excluding hydrogens is 248 g/mol. The summed E-state index contributed by atoms with van der Waals surface area (Å²) in [5.41, 5.74) is 0.210. The minimum Gasteiger partial charge on any atom is -0.507 e. The molecule has 0 aliphatic carbocycles. The Labute approximate surface area is 90.8 Å². The van der Waals surface area contributed by atoms with Crippen molar-refractivity contribution in [3.8, 4) is 5.75 Å². The van der Waals surface area contributed by atoms with E-state index >= 15 is 0 Å². The van der Waals surface area contributed by atoms with Crippen LogP contribution in [0.2, 0.25) is 0 Å². The highest BCUT2D eigenvalue weighted by molar-refractivity contribution is 9.09. The van der Waals surface area contributed by atoms with Crippen LogP contribution in [0.4, 0.5) is 0 Å². The number of esters is 1. The number of aromatic hydroxyl groups is 1. The molecule has 1 aromatic carbocycles. The highest BCUT2D eigenvalue weighted by atomic mass is 79.9. The van der Waals surface area contributed by atoms with E-state index in [9.17, 15) is 9.90 Å². The Morgan fingerprint density at radius 1 is 1.43 bits per heavy atom. The molecule has 0 atom stereocenters. The monoisotopic (exact) mass is 258 g/mol. The van der Waals surface area contributed by atoms with Gasteiger partial charge in [-0.05, 0) is 18.6 Å². The van der Waals surface area contributed by atoms with Crippen molar-refractivity contribution >= 4 is 21.9 Å². The summed E-state index contributed by atoms with van der Waals surface area (Å²) in [7, 11) is 0. The van der Waals surface area contributed by atoms with Crippen LogP contribution in [0.15, 0.2) is 24.3 Å². The summed E-state index contributed by atoms with van der Waals surface area (Å²) in [6, 6.07) is 6.33. The molecule has 1 N–H and O–H groups in total. The van der Waals surface area contributed by atoms with Crippen LogP contribution in [0.5, 0.6) is 5.75 Å². The van der Waals surface area contributed by atoms with Crippen molar-refractivity contribution in [3.63, 3.8) is 0 Å². The number of halogens is 1. The van der Waals surface area contributed by atoms with Gasteiger partial charge in [0.05, 0.1) is 6.61 Å². The molecule has 1 rings (SSSR count). The zero-order valence-corrected chi connectivity index (χ0v) is 9.16. The topological polar surface area (TPSA) is 46.5 Å². The lowest BCUT2D eigenvalue weighted by Gasteiger charge is -2.04. The van der Waals surface area contributed by atoms with Gasteiger partial charge < -0.3 is 9.84 Å². The minimum absolute atomic E-state index is 0.0451. The number of para-hydroxylation sites is 1. The van der Waals surface area contributed by atoms with Gasteiger partial charge in [0.1, 0.15) is 11.3 Å². The highest BCUT2D eigenvalue weighted by Crippen LogP contribution is 2.16. The van der Waals surface area contributed by atoms with E-state index in [2.05, 4.69) is 15.9 Å². The van der Waals surface area contributed by atoms with Crippen LogP contribution in [0.3, 0.4) is 0 Å². The number of carbonyl (C=O) groups is 1. The third-order valence-electron chi connectivity index (χ3n) is 1.64. The van der Waals surface area contributed by atoms with Gasteiger partial charge in [0.2, 0.25) is 0 Å². The number of phenolic OH excluding ortho intramolecular Hbond substituents is 1. The van der Waals surface area contributed by atoms with Gasteiger partial charge in [0.15, 0.2) is 0 Å². The maximum absolute atomic E-state index is 11.3. The fraction of sp³-hybridized carbons (Fsp3) is 0.300. The lowest BCUT2D eigenvalue weighted by atomic mass is 10.2. The Hall–Kier alpha value is -1.03. The van der Waals surface area contributed by atoms with Crippen molar-refractivity contribution in [2.45, 2.75) is 6.42 Å². The van der Waals surface area contributed by atoms with E-state index in [1.807, 2.05) is 0 Å². The Kier molecular flexibility index (Phi) is 4.46. The molecule has 0 heterocycles. The molecule has 3 nitrogen and oxygen atoms in total. The molecule has 4 heteroatoms. The number of hydrogen-bond acceptors (Lipinski definition) is 3. The molecule has 1 aromatic rings. The fourth-order valence-corrected chi connectivity index (χ4v) is 1.17. The van der Waals surface area contributed by atoms with Crippen LogP contribution >= 0.6 is 15.9 Å². The largest absolute Gasteiger partial charge is 0.507 e. The van der Waals surface area contributed by atoms with Crippen LogP contribution in [0.25, 0.3) is 0 Å². The summed E-state index contributed by atoms with van der Waals surface area (Å²) in [5.74, 6) is -0.527. The average Bonchev–Trinajstić information content (AvgIpc) is 2.18. The molecule has 0 bridgehead atoms. The number of ether oxygens (including phenoxy) is 1. The standard InChI is InChI=1S/C10H11BrO3/c11-6-3-7-14-10(13)8-4-1-2-5-9(8)12/h1-2,4-5,12H,3,6-7H2. The third kappa shape index (κ3) is 3.03. The summed E-state index contributed by atoms with van der Waals surface area (Å²) in [6.45, 7) is 0.360. The number of carbonyl (C=O) groups excluding carboxylic acids is 1. The van der Waals surface area contributed by atoms with E-state index in [0.717, 1.165) is 11.8 Å². The Balaban J connectivity index is 2.56. The van der Waals surface area contributed by atoms with Crippen LogP contribution < -0.4 is 0 Å². The van der Waals surface area contributed by atoms with Gasteiger partial charge in [-0.1, -0.05) is 28.1 Å². The van der Waals surface area contributed by atoms with Crippen molar-refractivity contribution in [2.24, 2.45) is 0 Å². The molecule has 0 fully saturated rings. The van der Waals surface area contributed by atoms with E-state index in [4.69, 9.17) is 4.74 Å². The number of hydrogen-bond donors (Lipinski definition) is 1. The molecule has 0 saturated heterocycles. The SMILES string of the molecule is O=C(OCCCBr)c1ccccc1O. The second-order valence-electron chi connectivity index (χ2n) is 2.70. The normalized spacial score (nSPS) is 9.79. The van der Waals surface area contributed by atoms with E-state index in [1.165, 1.54) is 12.1 Å². The first-order chi connectivity index (χ1) is 6.75. The van der Waals surface area contributed by atoms with Crippen LogP contribution in [0, 0.1) is 0 Å². The third-order valence-corrected chi connectivity index (χ3v) is 2.20. The average molecular weight is 259 g/mol. The van der Waals surface area contributed by atoms with Gasteiger partial charge in [0, 0.05) is 5.33 Å². The first kappa shape index (κ1) is 11.0. The first-order valence-electron chi connectivity index (χ1n) is 4.27. The molecule has 0 unspecified atom stereocenters. The van der Waals surface area contributed by atoms with E-state index in [1.54, 1.807) is 12.1 Å². The molecular formula is C10H11BrO3. The second kappa shape index (κ2) is 5.65. The van der Waals surface area contributed by atoms with Crippen molar-refractivity contribution in [1.82, 2.24) is 0 Å². The van der Waals surface area contributed by atoms with Gasteiger partial charge in [0.25, 0.3) is 0 Å². The molecule has 0 aliphatic heterocycles. The predicted octanol–water partition coefficient (Wildman–Crippen LogP) is 2.33. The summed E-state index contributed by atoms with van der Waals surface area (Å²) < 4.78 is 4.92. The minimum atomic E-state index is -0.482. The molecule has 0 spiro atoms. The molecule has 0 radical (unpaired) electrons. The molecule has 0 aromatic heterocycles. The fourth-order valence-electron chi connectivity index (χ4n) is 0.943. The van der Waals surface area contributed by atoms with Gasteiger partial charge in [-0.2, -0.15) is 0 Å². The number of phenols is 1. The number of alkyl halides is 1. The van der Waals surface area contributed by atoms with Crippen LogP contribution in [-0.2, 0) is 4.74 Å². The highest BCUT2D eigenvalue weighted by Gasteiger charge is 2.10. The molecule has 0 amide bonds. The van der Waals surface area contributed by atoms with Gasteiger partial charge >= 0.3 is 5.97 Å². The summed E-state index contributed by atoms with van der Waals surface area (Å²) >= 11 is 3.23. The molecule has 0 saturated carbocycles.